The van der Waals surface area contributed by atoms with Crippen LogP contribution in [0.5, 0.6) is 5.75 Å². The highest BCUT2D eigenvalue weighted by atomic mass is 16.5. The first-order valence-electron chi connectivity index (χ1n) is 9.07. The van der Waals surface area contributed by atoms with E-state index >= 15 is 0 Å². The molecule has 0 atom stereocenters. The molecule has 5 nitrogen and oxygen atoms in total. The first-order chi connectivity index (χ1) is 12.1. The summed E-state index contributed by atoms with van der Waals surface area (Å²) >= 11 is 0. The van der Waals surface area contributed by atoms with Crippen LogP contribution < -0.4 is 10.1 Å². The van der Waals surface area contributed by atoms with Crippen LogP contribution in [0, 0.1) is 0 Å². The monoisotopic (exact) mass is 344 g/mol. The van der Waals surface area contributed by atoms with Gasteiger partial charge in [-0.25, -0.2) is 0 Å². The zero-order valence-electron chi connectivity index (χ0n) is 15.4. The van der Waals surface area contributed by atoms with Gasteiger partial charge in [-0.05, 0) is 38.6 Å². The molecule has 0 aliphatic carbocycles. The van der Waals surface area contributed by atoms with Crippen molar-refractivity contribution in [2.24, 2.45) is 0 Å². The van der Waals surface area contributed by atoms with Gasteiger partial charge in [0.25, 0.3) is 5.91 Å². The maximum absolute atomic E-state index is 12.9. The second-order valence-electron chi connectivity index (χ2n) is 7.06. The zero-order valence-corrected chi connectivity index (χ0v) is 15.4. The number of fused-ring (bicyclic) bond motifs is 1. The maximum atomic E-state index is 12.9. The minimum Gasteiger partial charge on any atom is -0.461 e. The fourth-order valence-electron chi connectivity index (χ4n) is 3.61. The summed E-state index contributed by atoms with van der Waals surface area (Å²) in [7, 11) is 4.16. The molecule has 1 aromatic rings. The first kappa shape index (κ1) is 18.0. The Balaban J connectivity index is 1.72. The minimum absolute atomic E-state index is 0.0148. The number of amides is 1. The molecule has 1 N–H and O–H groups in total. The Morgan fingerprint density at radius 3 is 2.64 bits per heavy atom. The number of carbonyl (C=O) groups excluding carboxylic acids is 1. The van der Waals surface area contributed by atoms with Crippen molar-refractivity contribution >= 4 is 5.91 Å². The molecule has 1 amide bonds. The van der Waals surface area contributed by atoms with E-state index < -0.39 is 0 Å². The van der Waals surface area contributed by atoms with Gasteiger partial charge in [-0.2, -0.15) is 0 Å². The number of nitrogens with zero attached hydrogens (tertiary/aromatic N) is 1. The van der Waals surface area contributed by atoms with Crippen molar-refractivity contribution in [1.82, 2.24) is 10.2 Å². The third-order valence-corrected chi connectivity index (χ3v) is 5.45. The molecule has 2 aliphatic rings. The smallest absolute Gasteiger partial charge is 0.251 e. The van der Waals surface area contributed by atoms with E-state index in [2.05, 4.69) is 24.3 Å². The SMILES string of the molecule is CCC1=C(C(=O)NCC2(N(C)C)CCOCC2)Cc2ccccc2O1. The number of allylic oxidation sites excluding steroid dienone is 1. The van der Waals surface area contributed by atoms with Gasteiger partial charge in [0.05, 0.1) is 5.57 Å². The van der Waals surface area contributed by atoms with Crippen molar-refractivity contribution in [3.8, 4) is 5.75 Å². The maximum Gasteiger partial charge on any atom is 0.251 e. The molecule has 5 heteroatoms. The van der Waals surface area contributed by atoms with Gasteiger partial charge in [0.2, 0.25) is 0 Å². The Hall–Kier alpha value is -1.85. The Morgan fingerprint density at radius 2 is 1.96 bits per heavy atom. The van der Waals surface area contributed by atoms with Crippen LogP contribution in [-0.4, -0.2) is 50.2 Å². The molecule has 1 saturated heterocycles. The number of carbonyl (C=O) groups is 1. The van der Waals surface area contributed by atoms with Crippen LogP contribution in [0.25, 0.3) is 0 Å². The fourth-order valence-corrected chi connectivity index (χ4v) is 3.61. The molecule has 0 radical (unpaired) electrons. The molecule has 1 fully saturated rings. The Labute approximate surface area is 150 Å². The fraction of sp³-hybridized carbons (Fsp3) is 0.550. The van der Waals surface area contributed by atoms with Gasteiger partial charge in [-0.1, -0.05) is 25.1 Å². The summed E-state index contributed by atoms with van der Waals surface area (Å²) in [6.45, 7) is 4.14. The highest BCUT2D eigenvalue weighted by Gasteiger charge is 2.35. The van der Waals surface area contributed by atoms with Gasteiger partial charge in [-0.15, -0.1) is 0 Å². The molecule has 3 rings (SSSR count). The Morgan fingerprint density at radius 1 is 1.24 bits per heavy atom. The van der Waals surface area contributed by atoms with Crippen molar-refractivity contribution in [3.05, 3.63) is 41.2 Å². The number of likely N-dealkylation sites (N-methyl/N-ethyl adjacent to an activating group) is 1. The third kappa shape index (κ3) is 3.72. The molecule has 2 heterocycles. The lowest BCUT2D eigenvalue weighted by molar-refractivity contribution is -0.119. The van der Waals surface area contributed by atoms with E-state index in [9.17, 15) is 4.79 Å². The largest absolute Gasteiger partial charge is 0.461 e. The van der Waals surface area contributed by atoms with Crippen LogP contribution in [0.3, 0.4) is 0 Å². The van der Waals surface area contributed by atoms with Crippen LogP contribution >= 0.6 is 0 Å². The average molecular weight is 344 g/mol. The molecule has 0 aromatic heterocycles. The summed E-state index contributed by atoms with van der Waals surface area (Å²) < 4.78 is 11.5. The van der Waals surface area contributed by atoms with E-state index in [-0.39, 0.29) is 11.4 Å². The summed E-state index contributed by atoms with van der Waals surface area (Å²) in [5.41, 5.74) is 1.79. The summed E-state index contributed by atoms with van der Waals surface area (Å²) in [6.07, 6.45) is 3.20. The average Bonchev–Trinajstić information content (AvgIpc) is 2.65. The summed E-state index contributed by atoms with van der Waals surface area (Å²) in [5.74, 6) is 1.63. The predicted octanol–water partition coefficient (Wildman–Crippen LogP) is 2.51. The number of nitrogens with one attached hydrogen (secondary N) is 1. The van der Waals surface area contributed by atoms with E-state index in [1.807, 2.05) is 31.2 Å². The predicted molar refractivity (Wildman–Crippen MR) is 97.6 cm³/mol. The van der Waals surface area contributed by atoms with Crippen LogP contribution in [0.2, 0.25) is 0 Å². The zero-order chi connectivity index (χ0) is 17.9. The summed E-state index contributed by atoms with van der Waals surface area (Å²) in [5, 5.41) is 3.17. The number of hydrogen-bond acceptors (Lipinski definition) is 4. The van der Waals surface area contributed by atoms with Gasteiger partial charge < -0.3 is 19.7 Å². The van der Waals surface area contributed by atoms with Gasteiger partial charge >= 0.3 is 0 Å². The van der Waals surface area contributed by atoms with Gasteiger partial charge in [-0.3, -0.25) is 4.79 Å². The van der Waals surface area contributed by atoms with Crippen LogP contribution in [0.1, 0.15) is 31.7 Å². The molecule has 0 saturated carbocycles. The standard InChI is InChI=1S/C20H28N2O3/c1-4-17-16(13-15-7-5-6-8-18(15)25-17)19(23)21-14-20(22(2)3)9-11-24-12-10-20/h5-8H,4,9-14H2,1-3H3,(H,21,23). The molecule has 25 heavy (non-hydrogen) atoms. The number of para-hydroxylation sites is 1. The van der Waals surface area contributed by atoms with E-state index in [4.69, 9.17) is 9.47 Å². The molecule has 0 unspecified atom stereocenters. The molecule has 0 bridgehead atoms. The second-order valence-corrected chi connectivity index (χ2v) is 7.06. The van der Waals surface area contributed by atoms with Crippen molar-refractivity contribution in [3.63, 3.8) is 0 Å². The van der Waals surface area contributed by atoms with Crippen molar-refractivity contribution in [2.75, 3.05) is 33.9 Å². The highest BCUT2D eigenvalue weighted by molar-refractivity contribution is 5.95. The lowest BCUT2D eigenvalue weighted by Crippen LogP contribution is -2.56. The van der Waals surface area contributed by atoms with E-state index in [1.54, 1.807) is 0 Å². The number of rotatable bonds is 5. The van der Waals surface area contributed by atoms with E-state index in [1.165, 1.54) is 0 Å². The van der Waals surface area contributed by atoms with Gasteiger partial charge in [0.15, 0.2) is 0 Å². The summed E-state index contributed by atoms with van der Waals surface area (Å²) in [4.78, 5) is 15.1. The molecule has 0 spiro atoms. The first-order valence-corrected chi connectivity index (χ1v) is 9.07. The van der Waals surface area contributed by atoms with Gasteiger partial charge in [0.1, 0.15) is 11.5 Å². The van der Waals surface area contributed by atoms with Crippen molar-refractivity contribution < 1.29 is 14.3 Å². The minimum atomic E-state index is -0.0335. The number of hydrogen-bond donors (Lipinski definition) is 1. The topological polar surface area (TPSA) is 50.8 Å². The van der Waals surface area contributed by atoms with Crippen molar-refractivity contribution in [1.29, 1.82) is 0 Å². The van der Waals surface area contributed by atoms with E-state index in [0.29, 0.717) is 19.4 Å². The van der Waals surface area contributed by atoms with Crippen LogP contribution in [-0.2, 0) is 16.0 Å². The lowest BCUT2D eigenvalue weighted by Gasteiger charge is -2.43. The van der Waals surface area contributed by atoms with Crippen LogP contribution in [0.15, 0.2) is 35.6 Å². The summed E-state index contributed by atoms with van der Waals surface area (Å²) in [6, 6.07) is 7.93. The van der Waals surface area contributed by atoms with Gasteiger partial charge in [0, 0.05) is 38.1 Å². The third-order valence-electron chi connectivity index (χ3n) is 5.45. The number of benzene rings is 1. The molecule has 2 aliphatic heterocycles. The Kier molecular flexibility index (Phi) is 5.45. The molecule has 136 valence electrons. The lowest BCUT2D eigenvalue weighted by atomic mass is 9.88. The van der Waals surface area contributed by atoms with Crippen LogP contribution in [0.4, 0.5) is 0 Å². The highest BCUT2D eigenvalue weighted by Crippen LogP contribution is 2.31. The number of ether oxygens (including phenoxy) is 2. The molecular formula is C20H28N2O3. The second kappa shape index (κ2) is 7.58. The normalized spacial score (nSPS) is 19.4. The quantitative estimate of drug-likeness (QED) is 0.892. The molecule has 1 aromatic carbocycles. The molecular weight excluding hydrogens is 316 g/mol. The van der Waals surface area contributed by atoms with Crippen molar-refractivity contribution in [2.45, 2.75) is 38.1 Å². The van der Waals surface area contributed by atoms with E-state index in [0.717, 1.165) is 48.7 Å². The Bertz CT molecular complexity index is 661.